The van der Waals surface area contributed by atoms with Gasteiger partial charge < -0.3 is 4.90 Å². The fourth-order valence-corrected chi connectivity index (χ4v) is 2.58. The maximum atomic E-state index is 5.42. The van der Waals surface area contributed by atoms with Crippen LogP contribution in [-0.2, 0) is 0 Å². The average molecular weight is 290 g/mol. The lowest BCUT2D eigenvalue weighted by Crippen LogP contribution is -2.22. The van der Waals surface area contributed by atoms with Crippen LogP contribution >= 0.6 is 11.8 Å². The van der Waals surface area contributed by atoms with Crippen molar-refractivity contribution in [1.29, 1.82) is 0 Å². The first-order valence-corrected chi connectivity index (χ1v) is 7.09. The van der Waals surface area contributed by atoms with E-state index in [1.54, 1.807) is 18.5 Å². The van der Waals surface area contributed by atoms with Gasteiger partial charge in [-0.15, -0.1) is 0 Å². The van der Waals surface area contributed by atoms with Crippen LogP contribution in [0.2, 0.25) is 0 Å². The molecule has 0 aliphatic carbocycles. The van der Waals surface area contributed by atoms with Gasteiger partial charge in [0.25, 0.3) is 0 Å². The van der Waals surface area contributed by atoms with Crippen LogP contribution in [0.4, 0.5) is 11.9 Å². The topological polar surface area (TPSA) is 106 Å². The molecule has 0 amide bonds. The third-order valence-corrected chi connectivity index (χ3v) is 3.60. The second-order valence-corrected chi connectivity index (χ2v) is 5.15. The zero-order valence-corrected chi connectivity index (χ0v) is 11.5. The van der Waals surface area contributed by atoms with E-state index in [9.17, 15) is 0 Å². The summed E-state index contributed by atoms with van der Waals surface area (Å²) in [5.41, 5.74) is 2.47. The molecule has 3 rings (SSSR count). The number of rotatable bonds is 4. The van der Waals surface area contributed by atoms with Crippen molar-refractivity contribution in [3.63, 3.8) is 0 Å². The molecule has 1 saturated heterocycles. The molecule has 1 fully saturated rings. The Morgan fingerprint density at radius 2 is 1.80 bits per heavy atom. The molecule has 104 valence electrons. The molecule has 0 saturated carbocycles. The molecule has 0 spiro atoms. The number of hydrogen-bond donors (Lipinski definition) is 2. The maximum Gasteiger partial charge on any atom is 0.242 e. The second-order valence-electron chi connectivity index (χ2n) is 4.21. The maximum absolute atomic E-state index is 5.42. The predicted molar refractivity (Wildman–Crippen MR) is 75.2 cm³/mol. The Hall–Kier alpha value is -2.00. The minimum Gasteiger partial charge on any atom is -0.341 e. The van der Waals surface area contributed by atoms with Gasteiger partial charge in [-0.1, -0.05) is 0 Å². The summed E-state index contributed by atoms with van der Waals surface area (Å²) in [7, 11) is 0. The molecule has 20 heavy (non-hydrogen) atoms. The van der Waals surface area contributed by atoms with Gasteiger partial charge in [0.05, 0.1) is 0 Å². The van der Waals surface area contributed by atoms with Gasteiger partial charge >= 0.3 is 0 Å². The Morgan fingerprint density at radius 1 is 1.05 bits per heavy atom. The minimum atomic E-state index is 0.348. The van der Waals surface area contributed by atoms with Crippen LogP contribution in [-0.4, -0.2) is 38.0 Å². The van der Waals surface area contributed by atoms with E-state index in [4.69, 9.17) is 5.84 Å². The standard InChI is InChI=1S/C11H14N8S/c12-18-8-15-9(19-6-1-2-7-19)17-11(16-8)20-10-13-4-3-5-14-10/h3-5H,1-2,6-7,12H2,(H,15,16,17,18). The summed E-state index contributed by atoms with van der Waals surface area (Å²) in [4.78, 5) is 23.4. The molecule has 0 aromatic carbocycles. The Bertz CT molecular complexity index is 572. The lowest BCUT2D eigenvalue weighted by atomic mass is 10.4. The van der Waals surface area contributed by atoms with Gasteiger partial charge in [-0.25, -0.2) is 15.8 Å². The van der Waals surface area contributed by atoms with Crippen LogP contribution in [0.5, 0.6) is 0 Å². The van der Waals surface area contributed by atoms with Crippen LogP contribution in [0, 0.1) is 0 Å². The molecular weight excluding hydrogens is 276 g/mol. The van der Waals surface area contributed by atoms with Crippen molar-refractivity contribution < 1.29 is 0 Å². The molecular formula is C11H14N8S. The first kappa shape index (κ1) is 13.0. The molecule has 3 N–H and O–H groups in total. The van der Waals surface area contributed by atoms with E-state index in [0.717, 1.165) is 25.9 Å². The summed E-state index contributed by atoms with van der Waals surface area (Å²) in [6, 6.07) is 1.76. The molecule has 2 aromatic heterocycles. The van der Waals surface area contributed by atoms with E-state index in [1.165, 1.54) is 11.8 Å². The molecule has 8 nitrogen and oxygen atoms in total. The van der Waals surface area contributed by atoms with Gasteiger partial charge in [-0.2, -0.15) is 15.0 Å². The highest BCUT2D eigenvalue weighted by molar-refractivity contribution is 7.99. The van der Waals surface area contributed by atoms with Gasteiger partial charge in [-0.05, 0) is 30.7 Å². The molecule has 0 bridgehead atoms. The fourth-order valence-electron chi connectivity index (χ4n) is 1.93. The van der Waals surface area contributed by atoms with Crippen molar-refractivity contribution in [3.05, 3.63) is 18.5 Å². The number of anilines is 2. The number of nitrogens with two attached hydrogens (primary N) is 1. The van der Waals surface area contributed by atoms with Gasteiger partial charge in [0.15, 0.2) is 5.16 Å². The van der Waals surface area contributed by atoms with E-state index in [2.05, 4.69) is 35.2 Å². The minimum absolute atomic E-state index is 0.348. The highest BCUT2D eigenvalue weighted by Crippen LogP contribution is 2.24. The zero-order valence-electron chi connectivity index (χ0n) is 10.7. The largest absolute Gasteiger partial charge is 0.341 e. The summed E-state index contributed by atoms with van der Waals surface area (Å²) in [5.74, 6) is 6.41. The molecule has 0 unspecified atom stereocenters. The van der Waals surface area contributed by atoms with E-state index in [1.807, 2.05) is 0 Å². The molecule has 0 radical (unpaired) electrons. The highest BCUT2D eigenvalue weighted by Gasteiger charge is 2.17. The van der Waals surface area contributed by atoms with E-state index < -0.39 is 0 Å². The van der Waals surface area contributed by atoms with Crippen molar-refractivity contribution in [3.8, 4) is 0 Å². The summed E-state index contributed by atoms with van der Waals surface area (Å²) >= 11 is 1.28. The van der Waals surface area contributed by atoms with Crippen molar-refractivity contribution in [2.24, 2.45) is 5.84 Å². The number of aromatic nitrogens is 5. The monoisotopic (exact) mass is 290 g/mol. The molecule has 9 heteroatoms. The van der Waals surface area contributed by atoms with E-state index >= 15 is 0 Å². The van der Waals surface area contributed by atoms with Gasteiger partial charge in [0, 0.05) is 25.5 Å². The summed E-state index contributed by atoms with van der Waals surface area (Å²) in [6.45, 7) is 1.92. The van der Waals surface area contributed by atoms with Crippen LogP contribution in [0.25, 0.3) is 0 Å². The molecule has 1 aliphatic heterocycles. The third-order valence-electron chi connectivity index (χ3n) is 2.85. The van der Waals surface area contributed by atoms with Gasteiger partial charge in [0.2, 0.25) is 17.1 Å². The quantitative estimate of drug-likeness (QED) is 0.478. The van der Waals surface area contributed by atoms with E-state index in [-0.39, 0.29) is 0 Å². The normalized spacial score (nSPS) is 14.6. The Morgan fingerprint density at radius 3 is 2.50 bits per heavy atom. The van der Waals surface area contributed by atoms with Crippen molar-refractivity contribution in [2.45, 2.75) is 23.2 Å². The van der Waals surface area contributed by atoms with Crippen LogP contribution in [0.15, 0.2) is 28.8 Å². The number of nitrogen functional groups attached to an aromatic ring is 1. The fraction of sp³-hybridized carbons (Fsp3) is 0.364. The first-order chi connectivity index (χ1) is 9.85. The Labute approximate surface area is 120 Å². The van der Waals surface area contributed by atoms with Crippen LogP contribution in [0.1, 0.15) is 12.8 Å². The summed E-state index contributed by atoms with van der Waals surface area (Å²) < 4.78 is 0. The van der Waals surface area contributed by atoms with E-state index in [0.29, 0.717) is 22.2 Å². The number of nitrogens with one attached hydrogen (secondary N) is 1. The smallest absolute Gasteiger partial charge is 0.242 e. The first-order valence-electron chi connectivity index (χ1n) is 6.27. The number of nitrogens with zero attached hydrogens (tertiary/aromatic N) is 6. The lowest BCUT2D eigenvalue weighted by Gasteiger charge is -2.15. The molecule has 2 aromatic rings. The predicted octanol–water partition coefficient (Wildman–Crippen LogP) is 0.699. The second kappa shape index (κ2) is 5.97. The Balaban J connectivity index is 1.87. The van der Waals surface area contributed by atoms with Crippen molar-refractivity contribution >= 4 is 23.7 Å². The number of hydrazine groups is 1. The average Bonchev–Trinajstić information content (AvgIpc) is 3.02. The van der Waals surface area contributed by atoms with Crippen molar-refractivity contribution in [2.75, 3.05) is 23.4 Å². The summed E-state index contributed by atoms with van der Waals surface area (Å²) in [5, 5.41) is 1.12. The Kier molecular flexibility index (Phi) is 3.88. The van der Waals surface area contributed by atoms with Crippen LogP contribution < -0.4 is 16.2 Å². The highest BCUT2D eigenvalue weighted by atomic mass is 32.2. The molecule has 1 aliphatic rings. The van der Waals surface area contributed by atoms with Crippen LogP contribution in [0.3, 0.4) is 0 Å². The van der Waals surface area contributed by atoms with Crippen molar-refractivity contribution in [1.82, 2.24) is 24.9 Å². The van der Waals surface area contributed by atoms with Gasteiger partial charge in [-0.3, -0.25) is 5.43 Å². The summed E-state index contributed by atoms with van der Waals surface area (Å²) in [6.07, 6.45) is 5.67. The molecule has 3 heterocycles. The SMILES string of the molecule is NNc1nc(Sc2ncccn2)nc(N2CCCC2)n1. The number of hydrogen-bond acceptors (Lipinski definition) is 9. The molecule has 0 atom stereocenters. The van der Waals surface area contributed by atoms with Gasteiger partial charge in [0.1, 0.15) is 0 Å². The lowest BCUT2D eigenvalue weighted by molar-refractivity contribution is 0.823. The zero-order chi connectivity index (χ0) is 13.8. The third kappa shape index (κ3) is 2.94.